The van der Waals surface area contributed by atoms with Crippen LogP contribution in [0, 0.1) is 0 Å². The lowest BCUT2D eigenvalue weighted by Gasteiger charge is -2.09. The summed E-state index contributed by atoms with van der Waals surface area (Å²) in [4.78, 5) is 5.15. The molecule has 0 saturated heterocycles. The number of nitrogens with two attached hydrogens (primary N) is 1. The second kappa shape index (κ2) is 5.42. The number of pyridine rings is 1. The van der Waals surface area contributed by atoms with Crippen LogP contribution in [0.4, 0.5) is 5.69 Å². The van der Waals surface area contributed by atoms with Crippen molar-refractivity contribution < 1.29 is 4.74 Å². The van der Waals surface area contributed by atoms with Gasteiger partial charge in [0.2, 0.25) is 0 Å². The van der Waals surface area contributed by atoms with Gasteiger partial charge in [-0.3, -0.25) is 4.98 Å². The highest BCUT2D eigenvalue weighted by molar-refractivity contribution is 9.10. The third-order valence-electron chi connectivity index (χ3n) is 2.16. The van der Waals surface area contributed by atoms with Crippen LogP contribution in [0.25, 0.3) is 0 Å². The molecule has 2 rings (SSSR count). The lowest BCUT2D eigenvalue weighted by Crippen LogP contribution is -1.94. The molecule has 5 heteroatoms. The molecule has 88 valence electrons. The highest BCUT2D eigenvalue weighted by Crippen LogP contribution is 2.34. The topological polar surface area (TPSA) is 48.1 Å². The number of hydrogen-bond donors (Lipinski definition) is 1. The second-order valence-corrected chi connectivity index (χ2v) is 5.05. The Labute approximate surface area is 113 Å². The Kier molecular flexibility index (Phi) is 3.91. The molecule has 0 fully saturated rings. The standard InChI is InChI=1S/C12H11BrN2OS/c1-17-9-4-2-8(3-5-9)16-12-10(13)6-15-7-11(12)14/h2-7H,14H2,1H3. The molecule has 1 aromatic carbocycles. The van der Waals surface area contributed by atoms with Crippen molar-refractivity contribution in [2.75, 3.05) is 12.0 Å². The maximum absolute atomic E-state index is 5.80. The van der Waals surface area contributed by atoms with Crippen LogP contribution in [0.15, 0.2) is 46.0 Å². The summed E-state index contributed by atoms with van der Waals surface area (Å²) in [6.45, 7) is 0. The molecule has 0 spiro atoms. The number of anilines is 1. The Bertz CT molecular complexity index is 496. The molecule has 3 nitrogen and oxygen atoms in total. The minimum Gasteiger partial charge on any atom is -0.454 e. The molecule has 2 aromatic rings. The van der Waals surface area contributed by atoms with Crippen LogP contribution in [0.1, 0.15) is 0 Å². The first-order valence-corrected chi connectivity index (χ1v) is 6.93. The Morgan fingerprint density at radius 3 is 2.53 bits per heavy atom. The van der Waals surface area contributed by atoms with Crippen molar-refractivity contribution in [2.45, 2.75) is 4.90 Å². The van der Waals surface area contributed by atoms with Gasteiger partial charge in [0.15, 0.2) is 5.75 Å². The summed E-state index contributed by atoms with van der Waals surface area (Å²) >= 11 is 5.05. The van der Waals surface area contributed by atoms with Crippen molar-refractivity contribution in [1.82, 2.24) is 4.98 Å². The first kappa shape index (κ1) is 12.3. The minimum absolute atomic E-state index is 0.508. The molecule has 17 heavy (non-hydrogen) atoms. The van der Waals surface area contributed by atoms with Gasteiger partial charge in [-0.25, -0.2) is 0 Å². The SMILES string of the molecule is CSc1ccc(Oc2c(N)cncc2Br)cc1. The number of nitrogens with zero attached hydrogens (tertiary/aromatic N) is 1. The van der Waals surface area contributed by atoms with E-state index in [1.165, 1.54) is 4.90 Å². The number of benzene rings is 1. The van der Waals surface area contributed by atoms with Crippen LogP contribution < -0.4 is 10.5 Å². The van der Waals surface area contributed by atoms with Crippen molar-refractivity contribution in [1.29, 1.82) is 0 Å². The molecular formula is C12H11BrN2OS. The highest BCUT2D eigenvalue weighted by atomic mass is 79.9. The van der Waals surface area contributed by atoms with E-state index in [1.807, 2.05) is 30.5 Å². The average Bonchev–Trinajstić information content (AvgIpc) is 2.35. The van der Waals surface area contributed by atoms with E-state index in [-0.39, 0.29) is 0 Å². The van der Waals surface area contributed by atoms with Crippen LogP contribution in [-0.2, 0) is 0 Å². The fourth-order valence-corrected chi connectivity index (χ4v) is 2.14. The zero-order chi connectivity index (χ0) is 12.3. The van der Waals surface area contributed by atoms with Crippen LogP contribution in [0.2, 0.25) is 0 Å². The number of halogens is 1. The Hall–Kier alpha value is -1.20. The van der Waals surface area contributed by atoms with Gasteiger partial charge in [0, 0.05) is 11.1 Å². The highest BCUT2D eigenvalue weighted by Gasteiger charge is 2.07. The molecule has 0 unspecified atom stereocenters. The first-order valence-electron chi connectivity index (χ1n) is 4.91. The van der Waals surface area contributed by atoms with Gasteiger partial charge in [0.05, 0.1) is 16.4 Å². The fourth-order valence-electron chi connectivity index (χ4n) is 1.31. The summed E-state index contributed by atoms with van der Waals surface area (Å²) in [6, 6.07) is 7.84. The lowest BCUT2D eigenvalue weighted by atomic mass is 10.3. The molecule has 0 aliphatic heterocycles. The van der Waals surface area contributed by atoms with E-state index in [0.717, 1.165) is 10.2 Å². The maximum Gasteiger partial charge on any atom is 0.167 e. The van der Waals surface area contributed by atoms with Crippen molar-refractivity contribution in [3.05, 3.63) is 41.1 Å². The van der Waals surface area contributed by atoms with Crippen molar-refractivity contribution >= 4 is 33.4 Å². The Morgan fingerprint density at radius 1 is 1.24 bits per heavy atom. The second-order valence-electron chi connectivity index (χ2n) is 3.32. The monoisotopic (exact) mass is 310 g/mol. The van der Waals surface area contributed by atoms with Crippen LogP contribution in [0.3, 0.4) is 0 Å². The third-order valence-corrected chi connectivity index (χ3v) is 3.47. The van der Waals surface area contributed by atoms with E-state index in [4.69, 9.17) is 10.5 Å². The van der Waals surface area contributed by atoms with Gasteiger partial charge in [0.1, 0.15) is 5.75 Å². The average molecular weight is 311 g/mol. The fraction of sp³-hybridized carbons (Fsp3) is 0.0833. The summed E-state index contributed by atoms with van der Waals surface area (Å²) in [6.07, 6.45) is 5.26. The molecule has 0 radical (unpaired) electrons. The maximum atomic E-state index is 5.80. The molecule has 0 saturated carbocycles. The predicted molar refractivity (Wildman–Crippen MR) is 74.6 cm³/mol. The van der Waals surface area contributed by atoms with Gasteiger partial charge in [0.25, 0.3) is 0 Å². The zero-order valence-electron chi connectivity index (χ0n) is 9.18. The number of rotatable bonds is 3. The molecule has 0 aliphatic carbocycles. The van der Waals surface area contributed by atoms with Gasteiger partial charge >= 0.3 is 0 Å². The molecule has 1 heterocycles. The lowest BCUT2D eigenvalue weighted by molar-refractivity contribution is 0.481. The van der Waals surface area contributed by atoms with Crippen molar-refractivity contribution in [2.24, 2.45) is 0 Å². The quantitative estimate of drug-likeness (QED) is 0.872. The molecule has 0 bridgehead atoms. The van der Waals surface area contributed by atoms with E-state index >= 15 is 0 Å². The summed E-state index contributed by atoms with van der Waals surface area (Å²) in [5.41, 5.74) is 6.31. The smallest absolute Gasteiger partial charge is 0.167 e. The van der Waals surface area contributed by atoms with Gasteiger partial charge < -0.3 is 10.5 Å². The summed E-state index contributed by atoms with van der Waals surface area (Å²) in [5, 5.41) is 0. The molecule has 0 atom stereocenters. The normalized spacial score (nSPS) is 10.2. The largest absolute Gasteiger partial charge is 0.454 e. The predicted octanol–water partition coefficient (Wildman–Crippen LogP) is 3.94. The van der Waals surface area contributed by atoms with Crippen molar-refractivity contribution in [3.63, 3.8) is 0 Å². The van der Waals surface area contributed by atoms with E-state index in [0.29, 0.717) is 11.4 Å². The number of nitrogen functional groups attached to an aromatic ring is 1. The van der Waals surface area contributed by atoms with Gasteiger partial charge in [-0.05, 0) is 46.5 Å². The van der Waals surface area contributed by atoms with Crippen LogP contribution >= 0.6 is 27.7 Å². The van der Waals surface area contributed by atoms with Gasteiger partial charge in [-0.1, -0.05) is 0 Å². The van der Waals surface area contributed by atoms with E-state index < -0.39 is 0 Å². The molecule has 0 amide bonds. The van der Waals surface area contributed by atoms with Crippen LogP contribution in [-0.4, -0.2) is 11.2 Å². The molecular weight excluding hydrogens is 300 g/mol. The Morgan fingerprint density at radius 2 is 1.94 bits per heavy atom. The van der Waals surface area contributed by atoms with Gasteiger partial charge in [-0.15, -0.1) is 11.8 Å². The third kappa shape index (κ3) is 2.92. The first-order chi connectivity index (χ1) is 8.20. The summed E-state index contributed by atoms with van der Waals surface area (Å²) in [5.74, 6) is 1.35. The Balaban J connectivity index is 2.25. The summed E-state index contributed by atoms with van der Waals surface area (Å²) < 4.78 is 6.46. The number of aromatic nitrogens is 1. The number of thioether (sulfide) groups is 1. The number of ether oxygens (including phenoxy) is 1. The summed E-state index contributed by atoms with van der Waals surface area (Å²) in [7, 11) is 0. The molecule has 2 N–H and O–H groups in total. The molecule has 0 aliphatic rings. The van der Waals surface area contributed by atoms with Gasteiger partial charge in [-0.2, -0.15) is 0 Å². The van der Waals surface area contributed by atoms with E-state index in [2.05, 4.69) is 20.9 Å². The van der Waals surface area contributed by atoms with Crippen molar-refractivity contribution in [3.8, 4) is 11.5 Å². The number of hydrogen-bond acceptors (Lipinski definition) is 4. The van der Waals surface area contributed by atoms with Crippen LogP contribution in [0.5, 0.6) is 11.5 Å². The zero-order valence-corrected chi connectivity index (χ0v) is 11.6. The minimum atomic E-state index is 0.508. The van der Waals surface area contributed by atoms with E-state index in [9.17, 15) is 0 Å². The molecule has 1 aromatic heterocycles. The van der Waals surface area contributed by atoms with E-state index in [1.54, 1.807) is 24.2 Å².